The molecule has 2 aromatic carbocycles. The molecule has 0 aliphatic carbocycles. The van der Waals surface area contributed by atoms with Crippen LogP contribution in [0.1, 0.15) is 11.1 Å². The monoisotopic (exact) mass is 390 g/mol. The summed E-state index contributed by atoms with van der Waals surface area (Å²) < 4.78 is 5.67. The van der Waals surface area contributed by atoms with E-state index in [9.17, 15) is 19.7 Å². The second-order valence-electron chi connectivity index (χ2n) is 5.22. The van der Waals surface area contributed by atoms with Crippen LogP contribution < -0.4 is 10.1 Å². The fourth-order valence-electron chi connectivity index (χ4n) is 2.19. The number of carbonyl (C=O) groups is 2. The first kappa shape index (κ1) is 18.0. The van der Waals surface area contributed by atoms with Gasteiger partial charge in [0.1, 0.15) is 12.4 Å². The van der Waals surface area contributed by atoms with Crippen molar-refractivity contribution >= 4 is 46.3 Å². The van der Waals surface area contributed by atoms with Gasteiger partial charge in [-0.15, -0.1) is 0 Å². The number of thioether (sulfide) groups is 1. The van der Waals surface area contributed by atoms with Crippen molar-refractivity contribution in [3.63, 3.8) is 0 Å². The molecule has 2 aromatic rings. The third-order valence-corrected chi connectivity index (χ3v) is 4.68. The lowest BCUT2D eigenvalue weighted by molar-refractivity contribution is -0.384. The molecule has 0 saturated carbocycles. The Hall–Kier alpha value is -2.84. The summed E-state index contributed by atoms with van der Waals surface area (Å²) in [4.78, 5) is 33.3. The molecule has 1 aliphatic rings. The van der Waals surface area contributed by atoms with Crippen molar-refractivity contribution in [1.82, 2.24) is 5.32 Å². The smallest absolute Gasteiger partial charge is 0.290 e. The lowest BCUT2D eigenvalue weighted by Crippen LogP contribution is -2.17. The highest BCUT2D eigenvalue weighted by molar-refractivity contribution is 8.18. The van der Waals surface area contributed by atoms with E-state index in [0.717, 1.165) is 17.3 Å². The molecule has 1 heterocycles. The molecule has 0 bridgehead atoms. The standard InChI is InChI=1S/C17H11ClN2O5S/c18-15-11(8-14-16(21)19-17(22)26-14)2-1-3-13(15)25-9-10-4-6-12(7-5-10)20(23)24/h1-8H,9H2,(H,19,21,22)/b14-8+. The van der Waals surface area contributed by atoms with Crippen LogP contribution in [0.25, 0.3) is 6.08 Å². The number of rotatable bonds is 5. The predicted octanol–water partition coefficient (Wildman–Crippen LogP) is 4.15. The summed E-state index contributed by atoms with van der Waals surface area (Å²) in [5.74, 6) is -0.0673. The zero-order valence-corrected chi connectivity index (χ0v) is 14.7. The van der Waals surface area contributed by atoms with E-state index in [-0.39, 0.29) is 17.2 Å². The van der Waals surface area contributed by atoms with Gasteiger partial charge in [-0.3, -0.25) is 25.0 Å². The highest BCUT2D eigenvalue weighted by Crippen LogP contribution is 2.33. The van der Waals surface area contributed by atoms with Crippen molar-refractivity contribution in [2.45, 2.75) is 6.61 Å². The molecule has 0 aromatic heterocycles. The van der Waals surface area contributed by atoms with Crippen molar-refractivity contribution in [2.24, 2.45) is 0 Å². The molecule has 1 aliphatic heterocycles. The normalized spacial score (nSPS) is 15.2. The summed E-state index contributed by atoms with van der Waals surface area (Å²) in [6, 6.07) is 11.1. The maximum atomic E-state index is 11.6. The van der Waals surface area contributed by atoms with Crippen molar-refractivity contribution in [3.05, 3.63) is 73.6 Å². The maximum absolute atomic E-state index is 11.6. The number of nitro benzene ring substituents is 1. The summed E-state index contributed by atoms with van der Waals surface area (Å²) in [7, 11) is 0. The average Bonchev–Trinajstić information content (AvgIpc) is 2.93. The third-order valence-electron chi connectivity index (χ3n) is 3.46. The second kappa shape index (κ2) is 7.59. The summed E-state index contributed by atoms with van der Waals surface area (Å²) in [5, 5.41) is 12.7. The molecule has 7 nitrogen and oxygen atoms in total. The van der Waals surface area contributed by atoms with Crippen LogP contribution in [0.5, 0.6) is 5.75 Å². The van der Waals surface area contributed by atoms with Crippen LogP contribution >= 0.6 is 23.4 Å². The third kappa shape index (κ3) is 4.04. The number of nitro groups is 1. The van der Waals surface area contributed by atoms with Gasteiger partial charge in [0.05, 0.1) is 14.9 Å². The maximum Gasteiger partial charge on any atom is 0.290 e. The van der Waals surface area contributed by atoms with Crippen LogP contribution in [-0.4, -0.2) is 16.1 Å². The number of hydrogen-bond acceptors (Lipinski definition) is 6. The first-order valence-electron chi connectivity index (χ1n) is 7.33. The number of benzene rings is 2. The van der Waals surface area contributed by atoms with E-state index in [2.05, 4.69) is 5.32 Å². The lowest BCUT2D eigenvalue weighted by atomic mass is 10.2. The van der Waals surface area contributed by atoms with Gasteiger partial charge in [-0.2, -0.15) is 0 Å². The molecule has 0 atom stereocenters. The van der Waals surface area contributed by atoms with Crippen molar-refractivity contribution in [3.8, 4) is 5.75 Å². The molecule has 1 N–H and O–H groups in total. The van der Waals surface area contributed by atoms with Crippen LogP contribution in [-0.2, 0) is 11.4 Å². The number of non-ortho nitro benzene ring substituents is 1. The molecule has 26 heavy (non-hydrogen) atoms. The number of nitrogens with one attached hydrogen (secondary N) is 1. The number of carbonyl (C=O) groups excluding carboxylic acids is 2. The summed E-state index contributed by atoms with van der Waals surface area (Å²) in [6.07, 6.45) is 1.52. The number of nitrogens with zero attached hydrogens (tertiary/aromatic N) is 1. The van der Waals surface area contributed by atoms with Gasteiger partial charge >= 0.3 is 0 Å². The van der Waals surface area contributed by atoms with Gasteiger partial charge in [0.2, 0.25) is 0 Å². The molecular weight excluding hydrogens is 380 g/mol. The Morgan fingerprint density at radius 3 is 2.54 bits per heavy atom. The molecule has 3 rings (SSSR count). The van der Waals surface area contributed by atoms with E-state index in [1.165, 1.54) is 18.2 Å². The Morgan fingerprint density at radius 2 is 1.92 bits per heavy atom. The molecule has 132 valence electrons. The highest BCUT2D eigenvalue weighted by atomic mass is 35.5. The Balaban J connectivity index is 1.75. The van der Waals surface area contributed by atoms with E-state index in [4.69, 9.17) is 16.3 Å². The molecule has 0 unspecified atom stereocenters. The van der Waals surface area contributed by atoms with Gasteiger partial charge in [-0.05, 0) is 47.2 Å². The first-order chi connectivity index (χ1) is 12.4. The van der Waals surface area contributed by atoms with Gasteiger partial charge in [-0.25, -0.2) is 0 Å². The largest absolute Gasteiger partial charge is 0.487 e. The number of hydrogen-bond donors (Lipinski definition) is 1. The molecular formula is C17H11ClN2O5S. The highest BCUT2D eigenvalue weighted by Gasteiger charge is 2.25. The summed E-state index contributed by atoms with van der Waals surface area (Å²) >= 11 is 7.12. The van der Waals surface area contributed by atoms with Crippen molar-refractivity contribution in [2.75, 3.05) is 0 Å². The summed E-state index contributed by atoms with van der Waals surface area (Å²) in [5.41, 5.74) is 1.29. The van der Waals surface area contributed by atoms with Crippen LogP contribution in [0, 0.1) is 10.1 Å². The van der Waals surface area contributed by atoms with Crippen LogP contribution in [0.3, 0.4) is 0 Å². The molecule has 1 saturated heterocycles. The quantitative estimate of drug-likeness (QED) is 0.467. The van der Waals surface area contributed by atoms with E-state index < -0.39 is 16.1 Å². The molecule has 1 fully saturated rings. The minimum Gasteiger partial charge on any atom is -0.487 e. The van der Waals surface area contributed by atoms with E-state index in [1.54, 1.807) is 30.3 Å². The average molecular weight is 391 g/mol. The van der Waals surface area contributed by atoms with Crippen LogP contribution in [0.15, 0.2) is 47.4 Å². The van der Waals surface area contributed by atoms with Gasteiger partial charge in [0.15, 0.2) is 0 Å². The Bertz CT molecular complexity index is 927. The van der Waals surface area contributed by atoms with Gasteiger partial charge < -0.3 is 4.74 Å². The van der Waals surface area contributed by atoms with E-state index >= 15 is 0 Å². The number of imide groups is 1. The van der Waals surface area contributed by atoms with Crippen molar-refractivity contribution in [1.29, 1.82) is 0 Å². The number of halogens is 1. The summed E-state index contributed by atoms with van der Waals surface area (Å²) in [6.45, 7) is 0.172. The first-order valence-corrected chi connectivity index (χ1v) is 8.53. The van der Waals surface area contributed by atoms with Gasteiger partial charge in [0, 0.05) is 12.1 Å². The minimum atomic E-state index is -0.472. The van der Waals surface area contributed by atoms with Gasteiger partial charge in [0.25, 0.3) is 16.8 Å². The molecule has 0 spiro atoms. The molecule has 2 amide bonds. The molecule has 0 radical (unpaired) electrons. The van der Waals surface area contributed by atoms with Gasteiger partial charge in [-0.1, -0.05) is 23.7 Å². The minimum absolute atomic E-state index is 0.00212. The fourth-order valence-corrected chi connectivity index (χ4v) is 3.10. The predicted molar refractivity (Wildman–Crippen MR) is 98.0 cm³/mol. The number of amides is 2. The number of ether oxygens (including phenoxy) is 1. The van der Waals surface area contributed by atoms with Crippen molar-refractivity contribution < 1.29 is 19.2 Å². The van der Waals surface area contributed by atoms with Crippen LogP contribution in [0.4, 0.5) is 10.5 Å². The Morgan fingerprint density at radius 1 is 1.19 bits per heavy atom. The second-order valence-corrected chi connectivity index (χ2v) is 6.62. The Kier molecular flexibility index (Phi) is 5.24. The molecule has 9 heteroatoms. The lowest BCUT2D eigenvalue weighted by Gasteiger charge is -2.10. The van der Waals surface area contributed by atoms with E-state index in [0.29, 0.717) is 16.3 Å². The topological polar surface area (TPSA) is 98.5 Å². The zero-order chi connectivity index (χ0) is 18.7. The Labute approximate surface area is 157 Å². The zero-order valence-electron chi connectivity index (χ0n) is 13.1. The SMILES string of the molecule is O=C1NC(=O)/C(=C\c2cccc(OCc3ccc([N+](=O)[O-])cc3)c2Cl)S1. The van der Waals surface area contributed by atoms with Crippen LogP contribution in [0.2, 0.25) is 5.02 Å². The fraction of sp³-hybridized carbons (Fsp3) is 0.0588. The van der Waals surface area contributed by atoms with E-state index in [1.807, 2.05) is 0 Å².